The molecule has 0 aromatic rings. The van der Waals surface area contributed by atoms with E-state index in [1.807, 2.05) is 11.8 Å². The Balaban J connectivity index is 3.34. The largest absolute Gasteiger partial charge is 0.306 e. The van der Waals surface area contributed by atoms with Gasteiger partial charge in [0.15, 0.2) is 0 Å². The Morgan fingerprint density at radius 3 is 2.14 bits per heavy atom. The molecule has 0 rings (SSSR count). The summed E-state index contributed by atoms with van der Waals surface area (Å²) >= 11 is 1.89. The van der Waals surface area contributed by atoms with Gasteiger partial charge in [-0.1, -0.05) is 13.8 Å². The molecule has 86 valence electrons. The second-order valence-electron chi connectivity index (χ2n) is 4.51. The molecule has 2 nitrogen and oxygen atoms in total. The van der Waals surface area contributed by atoms with Gasteiger partial charge >= 0.3 is 0 Å². The van der Waals surface area contributed by atoms with E-state index in [9.17, 15) is 0 Å². The molecule has 0 amide bonds. The van der Waals surface area contributed by atoms with Gasteiger partial charge in [0.25, 0.3) is 0 Å². The van der Waals surface area contributed by atoms with Crippen molar-refractivity contribution in [1.29, 1.82) is 0 Å². The van der Waals surface area contributed by atoms with Crippen LogP contribution in [-0.2, 0) is 0 Å². The van der Waals surface area contributed by atoms with Crippen molar-refractivity contribution < 1.29 is 0 Å². The van der Waals surface area contributed by atoms with E-state index in [1.54, 1.807) is 0 Å². The van der Waals surface area contributed by atoms with E-state index in [1.165, 1.54) is 26.1 Å². The topological polar surface area (TPSA) is 6.48 Å². The fourth-order valence-electron chi connectivity index (χ4n) is 1.61. The molecule has 0 atom stereocenters. The maximum Gasteiger partial charge on any atom is 0.0438 e. The second kappa shape index (κ2) is 8.57. The molecule has 0 unspecified atom stereocenters. The highest BCUT2D eigenvalue weighted by Crippen LogP contribution is 2.00. The second-order valence-corrected chi connectivity index (χ2v) is 5.34. The molecule has 0 aromatic heterocycles. The maximum atomic E-state index is 2.43. The summed E-state index contributed by atoms with van der Waals surface area (Å²) in [6.45, 7) is 8.19. The monoisotopic (exact) mass is 218 g/mol. The fraction of sp³-hybridized carbons (Fsp3) is 1.00. The summed E-state index contributed by atoms with van der Waals surface area (Å²) in [4.78, 5) is 4.81. The summed E-state index contributed by atoms with van der Waals surface area (Å²) in [5, 5.41) is 0. The summed E-state index contributed by atoms with van der Waals surface area (Å²) in [5.74, 6) is 1.93. The summed E-state index contributed by atoms with van der Waals surface area (Å²) in [6.07, 6.45) is 3.43. The lowest BCUT2D eigenvalue weighted by molar-refractivity contribution is 0.272. The van der Waals surface area contributed by atoms with Gasteiger partial charge in [-0.3, -0.25) is 4.90 Å². The van der Waals surface area contributed by atoms with Gasteiger partial charge in [-0.05, 0) is 45.8 Å². The number of hydrogen-bond donors (Lipinski definition) is 0. The van der Waals surface area contributed by atoms with Crippen LogP contribution >= 0.6 is 11.8 Å². The lowest BCUT2D eigenvalue weighted by atomic mass is 10.2. The maximum absolute atomic E-state index is 2.43. The van der Waals surface area contributed by atoms with Crippen LogP contribution in [0.2, 0.25) is 0 Å². The Morgan fingerprint density at radius 2 is 1.64 bits per heavy atom. The molecule has 0 N–H and O–H groups in total. The van der Waals surface area contributed by atoms with Crippen LogP contribution in [0.4, 0.5) is 0 Å². The van der Waals surface area contributed by atoms with Crippen molar-refractivity contribution in [2.45, 2.75) is 20.3 Å². The van der Waals surface area contributed by atoms with Gasteiger partial charge < -0.3 is 4.90 Å². The minimum Gasteiger partial charge on any atom is -0.306 e. The van der Waals surface area contributed by atoms with Gasteiger partial charge in [0.2, 0.25) is 0 Å². The van der Waals surface area contributed by atoms with E-state index < -0.39 is 0 Å². The molecule has 0 saturated heterocycles. The minimum atomic E-state index is 0.781. The first-order valence-electron chi connectivity index (χ1n) is 5.42. The Bertz CT molecular complexity index is 128. The van der Waals surface area contributed by atoms with E-state index >= 15 is 0 Å². The molecule has 0 aliphatic heterocycles. The first kappa shape index (κ1) is 14.3. The Morgan fingerprint density at radius 1 is 1.07 bits per heavy atom. The van der Waals surface area contributed by atoms with Crippen molar-refractivity contribution in [2.75, 3.05) is 45.9 Å². The predicted molar refractivity (Wildman–Crippen MR) is 68.0 cm³/mol. The molecule has 0 spiro atoms. The third kappa shape index (κ3) is 8.85. The smallest absolute Gasteiger partial charge is 0.0438 e. The Labute approximate surface area is 94.0 Å². The highest BCUT2D eigenvalue weighted by atomic mass is 32.2. The molecular weight excluding hydrogens is 192 g/mol. The van der Waals surface area contributed by atoms with Crippen LogP contribution in [-0.4, -0.2) is 55.7 Å². The van der Waals surface area contributed by atoms with Crippen LogP contribution in [0.5, 0.6) is 0 Å². The van der Waals surface area contributed by atoms with Crippen molar-refractivity contribution in [1.82, 2.24) is 9.80 Å². The zero-order valence-electron chi connectivity index (χ0n) is 10.4. The normalized spacial score (nSPS) is 12.0. The molecule has 0 aliphatic carbocycles. The Hall–Kier alpha value is 0.270. The number of rotatable bonds is 8. The zero-order chi connectivity index (χ0) is 11.0. The van der Waals surface area contributed by atoms with E-state index in [4.69, 9.17) is 0 Å². The molecule has 0 saturated carbocycles. The van der Waals surface area contributed by atoms with E-state index in [2.05, 4.69) is 44.0 Å². The van der Waals surface area contributed by atoms with Gasteiger partial charge in [-0.2, -0.15) is 0 Å². The molecule has 0 heterocycles. The lowest BCUT2D eigenvalue weighted by Crippen LogP contribution is -2.28. The summed E-state index contributed by atoms with van der Waals surface area (Å²) in [5.41, 5.74) is 0. The molecule has 0 bridgehead atoms. The lowest BCUT2D eigenvalue weighted by Gasteiger charge is -2.21. The standard InChI is InChI=1S/C11H26N2S/c1-11(2)9-12(3)7-6-8-13(4)10-14-5/h11H,6-10H2,1-5H3. The van der Waals surface area contributed by atoms with Crippen LogP contribution in [0.25, 0.3) is 0 Å². The van der Waals surface area contributed by atoms with Crippen LogP contribution < -0.4 is 0 Å². The average Bonchev–Trinajstić information content (AvgIpc) is 2.02. The van der Waals surface area contributed by atoms with Crippen LogP contribution in [0.1, 0.15) is 20.3 Å². The third-order valence-corrected chi connectivity index (χ3v) is 2.80. The highest BCUT2D eigenvalue weighted by Gasteiger charge is 2.02. The van der Waals surface area contributed by atoms with Gasteiger partial charge in [-0.25, -0.2) is 0 Å². The molecule has 0 radical (unpaired) electrons. The van der Waals surface area contributed by atoms with E-state index in [-0.39, 0.29) is 0 Å². The highest BCUT2D eigenvalue weighted by molar-refractivity contribution is 7.98. The number of nitrogens with zero attached hydrogens (tertiary/aromatic N) is 2. The predicted octanol–water partition coefficient (Wildman–Crippen LogP) is 2.22. The summed E-state index contributed by atoms with van der Waals surface area (Å²) in [7, 11) is 4.41. The van der Waals surface area contributed by atoms with Crippen LogP contribution in [0.3, 0.4) is 0 Å². The molecule has 0 aromatic carbocycles. The number of thioether (sulfide) groups is 1. The van der Waals surface area contributed by atoms with Gasteiger partial charge in [0.05, 0.1) is 0 Å². The molecule has 0 aliphatic rings. The molecule has 14 heavy (non-hydrogen) atoms. The fourth-order valence-corrected chi connectivity index (χ4v) is 2.18. The Kier molecular flexibility index (Phi) is 8.73. The molecule has 3 heteroatoms. The van der Waals surface area contributed by atoms with Gasteiger partial charge in [0, 0.05) is 12.4 Å². The summed E-state index contributed by atoms with van der Waals surface area (Å²) in [6, 6.07) is 0. The van der Waals surface area contributed by atoms with Crippen molar-refractivity contribution in [3.05, 3.63) is 0 Å². The SMILES string of the molecule is CSCN(C)CCCN(C)CC(C)C. The number of hydrogen-bond acceptors (Lipinski definition) is 3. The van der Waals surface area contributed by atoms with Gasteiger partial charge in [-0.15, -0.1) is 11.8 Å². The van der Waals surface area contributed by atoms with E-state index in [0.717, 1.165) is 11.8 Å². The van der Waals surface area contributed by atoms with Crippen molar-refractivity contribution in [3.63, 3.8) is 0 Å². The average molecular weight is 218 g/mol. The van der Waals surface area contributed by atoms with E-state index in [0.29, 0.717) is 0 Å². The van der Waals surface area contributed by atoms with Gasteiger partial charge in [0.1, 0.15) is 0 Å². The molecule has 0 fully saturated rings. The van der Waals surface area contributed by atoms with Crippen LogP contribution in [0.15, 0.2) is 0 Å². The zero-order valence-corrected chi connectivity index (χ0v) is 11.2. The minimum absolute atomic E-state index is 0.781. The van der Waals surface area contributed by atoms with Crippen molar-refractivity contribution >= 4 is 11.8 Å². The first-order valence-corrected chi connectivity index (χ1v) is 6.81. The van der Waals surface area contributed by atoms with Crippen molar-refractivity contribution in [3.8, 4) is 0 Å². The van der Waals surface area contributed by atoms with Crippen LogP contribution in [0, 0.1) is 5.92 Å². The summed E-state index contributed by atoms with van der Waals surface area (Å²) < 4.78 is 0. The third-order valence-electron chi connectivity index (χ3n) is 2.11. The van der Waals surface area contributed by atoms with Crippen molar-refractivity contribution in [2.24, 2.45) is 5.92 Å². The quantitative estimate of drug-likeness (QED) is 0.577. The first-order chi connectivity index (χ1) is 6.56. The molecular formula is C11H26N2S.